The van der Waals surface area contributed by atoms with Crippen LogP contribution in [0.5, 0.6) is 0 Å². The molecule has 22 heavy (non-hydrogen) atoms. The number of aliphatic carboxylic acids is 1. The summed E-state index contributed by atoms with van der Waals surface area (Å²) in [5.74, 6) is 0.898. The predicted molar refractivity (Wildman–Crippen MR) is 89.5 cm³/mol. The topological polar surface area (TPSA) is 37.3 Å². The van der Waals surface area contributed by atoms with Crippen LogP contribution >= 0.6 is 0 Å². The summed E-state index contributed by atoms with van der Waals surface area (Å²) >= 11 is 0. The monoisotopic (exact) mass is 302 g/mol. The van der Waals surface area contributed by atoms with Gasteiger partial charge in [0, 0.05) is 0 Å². The van der Waals surface area contributed by atoms with E-state index in [-0.39, 0.29) is 5.41 Å². The van der Waals surface area contributed by atoms with Gasteiger partial charge in [-0.05, 0) is 67.8 Å². The molecule has 2 unspecified atom stereocenters. The number of hydrogen-bond donors (Lipinski definition) is 1. The average molecular weight is 302 g/mol. The van der Waals surface area contributed by atoms with Gasteiger partial charge >= 0.3 is 5.97 Å². The molecule has 2 fully saturated rings. The number of carboxylic acids is 1. The Morgan fingerprint density at radius 1 is 1.32 bits per heavy atom. The number of hydrogen-bond acceptors (Lipinski definition) is 1. The molecule has 0 saturated heterocycles. The second-order valence-corrected chi connectivity index (χ2v) is 8.54. The zero-order valence-electron chi connectivity index (χ0n) is 14.5. The van der Waals surface area contributed by atoms with Gasteiger partial charge in [0.25, 0.3) is 0 Å². The smallest absolute Gasteiger partial charge is 0.309 e. The van der Waals surface area contributed by atoms with Crippen molar-refractivity contribution in [3.8, 4) is 0 Å². The number of allylic oxidation sites excluding steroid dienone is 4. The first-order valence-corrected chi connectivity index (χ1v) is 8.93. The Morgan fingerprint density at radius 3 is 2.68 bits per heavy atom. The molecule has 0 spiro atoms. The van der Waals surface area contributed by atoms with Crippen LogP contribution in [0, 0.1) is 28.6 Å². The van der Waals surface area contributed by atoms with E-state index in [9.17, 15) is 9.90 Å². The second kappa shape index (κ2) is 5.25. The first-order chi connectivity index (χ1) is 10.3. The molecular formula is C20H30O2. The lowest BCUT2D eigenvalue weighted by atomic mass is 9.46. The van der Waals surface area contributed by atoms with E-state index in [0.29, 0.717) is 17.8 Å². The molecule has 0 aromatic rings. The maximum absolute atomic E-state index is 11.9. The van der Waals surface area contributed by atoms with Gasteiger partial charge in [0.15, 0.2) is 0 Å². The van der Waals surface area contributed by atoms with E-state index in [1.54, 1.807) is 5.57 Å². The van der Waals surface area contributed by atoms with E-state index in [2.05, 4.69) is 32.9 Å². The van der Waals surface area contributed by atoms with E-state index in [4.69, 9.17) is 0 Å². The van der Waals surface area contributed by atoms with Crippen LogP contribution < -0.4 is 0 Å². The van der Waals surface area contributed by atoms with Gasteiger partial charge in [-0.2, -0.15) is 0 Å². The summed E-state index contributed by atoms with van der Waals surface area (Å²) in [6.45, 7) is 8.91. The molecular weight excluding hydrogens is 272 g/mol. The highest BCUT2D eigenvalue weighted by atomic mass is 16.4. The Hall–Kier alpha value is -1.05. The van der Waals surface area contributed by atoms with Crippen LogP contribution in [0.2, 0.25) is 0 Å². The van der Waals surface area contributed by atoms with Crippen molar-refractivity contribution in [2.45, 2.75) is 66.2 Å². The van der Waals surface area contributed by atoms with E-state index in [1.165, 1.54) is 12.0 Å². The van der Waals surface area contributed by atoms with Crippen LogP contribution in [0.25, 0.3) is 0 Å². The van der Waals surface area contributed by atoms with Crippen LogP contribution in [-0.2, 0) is 4.79 Å². The first kappa shape index (κ1) is 15.8. The van der Waals surface area contributed by atoms with Crippen LogP contribution in [0.3, 0.4) is 0 Å². The molecule has 122 valence electrons. The summed E-state index contributed by atoms with van der Waals surface area (Å²) in [6.07, 6.45) is 11.2. The minimum Gasteiger partial charge on any atom is -0.481 e. The minimum absolute atomic E-state index is 0.161. The maximum atomic E-state index is 11.9. The molecule has 3 rings (SSSR count). The van der Waals surface area contributed by atoms with E-state index in [0.717, 1.165) is 32.1 Å². The quantitative estimate of drug-likeness (QED) is 0.760. The zero-order valence-corrected chi connectivity index (χ0v) is 14.5. The largest absolute Gasteiger partial charge is 0.481 e. The molecule has 4 atom stereocenters. The Balaban J connectivity index is 1.95. The Labute approximate surface area is 134 Å². The summed E-state index contributed by atoms with van der Waals surface area (Å²) in [4.78, 5) is 11.9. The molecule has 0 bridgehead atoms. The second-order valence-electron chi connectivity index (χ2n) is 8.54. The van der Waals surface area contributed by atoms with Crippen LogP contribution in [0.1, 0.15) is 66.2 Å². The van der Waals surface area contributed by atoms with E-state index >= 15 is 0 Å². The van der Waals surface area contributed by atoms with Crippen molar-refractivity contribution >= 4 is 5.97 Å². The van der Waals surface area contributed by atoms with Crippen molar-refractivity contribution in [3.05, 3.63) is 23.3 Å². The molecule has 0 aliphatic heterocycles. The third-order valence-corrected chi connectivity index (χ3v) is 7.04. The number of rotatable bonds is 2. The van der Waals surface area contributed by atoms with Gasteiger partial charge in [-0.25, -0.2) is 0 Å². The van der Waals surface area contributed by atoms with Gasteiger partial charge < -0.3 is 5.11 Å². The highest BCUT2D eigenvalue weighted by Gasteiger charge is 2.57. The molecule has 0 aromatic carbocycles. The SMILES string of the molecule is CC(C)C1=CCC2C(=C1)CCC1[C@]2(C)CCC[C@]1(C)C(=O)O. The van der Waals surface area contributed by atoms with Crippen molar-refractivity contribution in [1.82, 2.24) is 0 Å². The highest BCUT2D eigenvalue weighted by molar-refractivity contribution is 5.75. The number of fused-ring (bicyclic) bond motifs is 3. The van der Waals surface area contributed by atoms with Gasteiger partial charge in [-0.15, -0.1) is 0 Å². The average Bonchev–Trinajstić information content (AvgIpc) is 2.46. The van der Waals surface area contributed by atoms with Crippen LogP contribution in [0.15, 0.2) is 23.3 Å². The zero-order chi connectivity index (χ0) is 16.1. The van der Waals surface area contributed by atoms with Crippen LogP contribution in [-0.4, -0.2) is 11.1 Å². The Bertz CT molecular complexity index is 542. The lowest BCUT2D eigenvalue weighted by molar-refractivity contribution is -0.164. The predicted octanol–water partition coefficient (Wildman–Crippen LogP) is 5.21. The molecule has 2 heteroatoms. The Morgan fingerprint density at radius 2 is 2.05 bits per heavy atom. The standard InChI is InChI=1S/C20H30O2/c1-13(2)14-6-8-16-15(12-14)7-9-17-19(16,3)10-5-11-20(17,4)18(21)22/h6,12-13,16-17H,5,7-11H2,1-4H3,(H,21,22)/t16?,17?,19-,20+/m1/s1. The molecule has 3 aliphatic rings. The molecule has 3 aliphatic carbocycles. The molecule has 0 heterocycles. The molecule has 2 nitrogen and oxygen atoms in total. The molecule has 0 aromatic heterocycles. The van der Waals surface area contributed by atoms with Crippen molar-refractivity contribution in [2.24, 2.45) is 28.6 Å². The van der Waals surface area contributed by atoms with Crippen molar-refractivity contribution in [3.63, 3.8) is 0 Å². The van der Waals surface area contributed by atoms with E-state index < -0.39 is 11.4 Å². The van der Waals surface area contributed by atoms with Crippen LogP contribution in [0.4, 0.5) is 0 Å². The fourth-order valence-corrected chi connectivity index (χ4v) is 5.67. The van der Waals surface area contributed by atoms with Crippen molar-refractivity contribution in [2.75, 3.05) is 0 Å². The summed E-state index contributed by atoms with van der Waals surface area (Å²) in [6, 6.07) is 0. The lowest BCUT2D eigenvalue weighted by Gasteiger charge is -2.57. The fraction of sp³-hybridized carbons (Fsp3) is 0.750. The van der Waals surface area contributed by atoms with Crippen molar-refractivity contribution in [1.29, 1.82) is 0 Å². The summed E-state index contributed by atoms with van der Waals surface area (Å²) in [7, 11) is 0. The normalized spacial score (nSPS) is 41.3. The maximum Gasteiger partial charge on any atom is 0.309 e. The van der Waals surface area contributed by atoms with Gasteiger partial charge in [0.05, 0.1) is 5.41 Å². The van der Waals surface area contributed by atoms with E-state index in [1.807, 2.05) is 6.92 Å². The summed E-state index contributed by atoms with van der Waals surface area (Å²) in [5.41, 5.74) is 2.71. The third-order valence-electron chi connectivity index (χ3n) is 7.04. The third kappa shape index (κ3) is 2.18. The van der Waals surface area contributed by atoms with Gasteiger partial charge in [-0.3, -0.25) is 4.79 Å². The Kier molecular flexibility index (Phi) is 3.78. The number of carboxylic acid groups (broad SMARTS) is 1. The molecule has 0 radical (unpaired) electrons. The highest BCUT2D eigenvalue weighted by Crippen LogP contribution is 2.62. The molecule has 0 amide bonds. The molecule has 2 saturated carbocycles. The fourth-order valence-electron chi connectivity index (χ4n) is 5.67. The van der Waals surface area contributed by atoms with Crippen molar-refractivity contribution < 1.29 is 9.90 Å². The number of carbonyl (C=O) groups is 1. The first-order valence-electron chi connectivity index (χ1n) is 8.93. The lowest BCUT2D eigenvalue weighted by Crippen LogP contribution is -2.53. The van der Waals surface area contributed by atoms with Gasteiger partial charge in [0.1, 0.15) is 0 Å². The minimum atomic E-state index is -0.579. The summed E-state index contributed by atoms with van der Waals surface area (Å²) in [5, 5.41) is 9.84. The molecule has 1 N–H and O–H groups in total. The van der Waals surface area contributed by atoms with Gasteiger partial charge in [-0.1, -0.05) is 44.9 Å². The van der Waals surface area contributed by atoms with Gasteiger partial charge in [0.2, 0.25) is 0 Å². The summed E-state index contributed by atoms with van der Waals surface area (Å²) < 4.78 is 0.